The number of hydrogen-bond donors (Lipinski definition) is 1. The first kappa shape index (κ1) is 16.0. The SMILES string of the molecule is Cn1c(=O)ccn(CC(=O)N(CCO)CC(F)F)c1=O. The molecule has 1 rings (SSSR count). The quantitative estimate of drug-likeness (QED) is 0.701. The Morgan fingerprint density at radius 3 is 2.65 bits per heavy atom. The Bertz CT molecular complexity index is 582. The molecule has 0 spiro atoms. The number of hydrogen-bond acceptors (Lipinski definition) is 4. The van der Waals surface area contributed by atoms with E-state index in [9.17, 15) is 23.2 Å². The third-order valence-corrected chi connectivity index (χ3v) is 2.65. The fraction of sp³-hybridized carbons (Fsp3) is 0.545. The van der Waals surface area contributed by atoms with Gasteiger partial charge in [0.15, 0.2) is 0 Å². The van der Waals surface area contributed by atoms with Crippen LogP contribution in [0.3, 0.4) is 0 Å². The molecule has 0 saturated carbocycles. The minimum Gasteiger partial charge on any atom is -0.395 e. The van der Waals surface area contributed by atoms with E-state index in [1.807, 2.05) is 0 Å². The van der Waals surface area contributed by atoms with Crippen molar-refractivity contribution in [3.05, 3.63) is 33.1 Å². The van der Waals surface area contributed by atoms with Crippen LogP contribution in [-0.2, 0) is 18.4 Å². The Hall–Kier alpha value is -2.03. The lowest BCUT2D eigenvalue weighted by atomic mass is 10.4. The average Bonchev–Trinajstić information content (AvgIpc) is 2.38. The molecular weight excluding hydrogens is 276 g/mol. The summed E-state index contributed by atoms with van der Waals surface area (Å²) in [6.07, 6.45) is -1.61. The van der Waals surface area contributed by atoms with E-state index in [1.165, 1.54) is 7.05 Å². The average molecular weight is 291 g/mol. The molecule has 1 aromatic rings. The second kappa shape index (κ2) is 6.94. The minimum absolute atomic E-state index is 0.246. The highest BCUT2D eigenvalue weighted by molar-refractivity contribution is 5.76. The third-order valence-electron chi connectivity index (χ3n) is 2.65. The topological polar surface area (TPSA) is 84.5 Å². The molecule has 0 saturated heterocycles. The maximum absolute atomic E-state index is 12.3. The van der Waals surface area contributed by atoms with Crippen LogP contribution < -0.4 is 11.2 Å². The molecule has 1 amide bonds. The van der Waals surface area contributed by atoms with Gasteiger partial charge in [0.2, 0.25) is 5.91 Å². The summed E-state index contributed by atoms with van der Waals surface area (Å²) in [5.41, 5.74) is -1.25. The molecule has 0 fully saturated rings. The van der Waals surface area contributed by atoms with E-state index in [0.717, 1.165) is 26.3 Å². The van der Waals surface area contributed by atoms with E-state index < -0.39 is 43.3 Å². The van der Waals surface area contributed by atoms with Crippen molar-refractivity contribution in [2.45, 2.75) is 13.0 Å². The zero-order valence-electron chi connectivity index (χ0n) is 10.8. The highest BCUT2D eigenvalue weighted by atomic mass is 19.3. The van der Waals surface area contributed by atoms with Gasteiger partial charge in [0.1, 0.15) is 6.54 Å². The van der Waals surface area contributed by atoms with Gasteiger partial charge < -0.3 is 10.0 Å². The van der Waals surface area contributed by atoms with E-state index in [0.29, 0.717) is 0 Å². The van der Waals surface area contributed by atoms with Crippen molar-refractivity contribution in [2.75, 3.05) is 19.7 Å². The van der Waals surface area contributed by atoms with Crippen LogP contribution in [0.25, 0.3) is 0 Å². The lowest BCUT2D eigenvalue weighted by Crippen LogP contribution is -2.43. The number of alkyl halides is 2. The molecule has 0 bridgehead atoms. The van der Waals surface area contributed by atoms with Gasteiger partial charge >= 0.3 is 5.69 Å². The van der Waals surface area contributed by atoms with Crippen LogP contribution in [-0.4, -0.2) is 51.2 Å². The van der Waals surface area contributed by atoms with Gasteiger partial charge in [-0.3, -0.25) is 18.7 Å². The van der Waals surface area contributed by atoms with Crippen molar-refractivity contribution in [1.82, 2.24) is 14.0 Å². The summed E-state index contributed by atoms with van der Waals surface area (Å²) >= 11 is 0. The van der Waals surface area contributed by atoms with Crippen LogP contribution in [0.4, 0.5) is 8.78 Å². The van der Waals surface area contributed by atoms with Crippen molar-refractivity contribution in [3.8, 4) is 0 Å². The first-order valence-electron chi connectivity index (χ1n) is 5.80. The largest absolute Gasteiger partial charge is 0.395 e. The van der Waals surface area contributed by atoms with Gasteiger partial charge in [0.25, 0.3) is 12.0 Å². The number of aliphatic hydroxyl groups is 1. The van der Waals surface area contributed by atoms with E-state index in [1.54, 1.807) is 0 Å². The fourth-order valence-corrected chi connectivity index (χ4v) is 1.59. The van der Waals surface area contributed by atoms with Crippen molar-refractivity contribution in [2.24, 2.45) is 7.05 Å². The normalized spacial score (nSPS) is 10.8. The fourth-order valence-electron chi connectivity index (χ4n) is 1.59. The molecule has 1 heterocycles. The van der Waals surface area contributed by atoms with Gasteiger partial charge in [-0.05, 0) is 0 Å². The summed E-state index contributed by atoms with van der Waals surface area (Å²) in [4.78, 5) is 35.5. The van der Waals surface area contributed by atoms with Gasteiger partial charge in [0.05, 0.1) is 13.2 Å². The van der Waals surface area contributed by atoms with Crippen LogP contribution in [0, 0.1) is 0 Å². The molecule has 0 aliphatic heterocycles. The lowest BCUT2D eigenvalue weighted by Gasteiger charge is -2.21. The second-order valence-corrected chi connectivity index (χ2v) is 4.08. The molecule has 20 heavy (non-hydrogen) atoms. The lowest BCUT2D eigenvalue weighted by molar-refractivity contribution is -0.134. The van der Waals surface area contributed by atoms with E-state index in [4.69, 9.17) is 5.11 Å². The Morgan fingerprint density at radius 2 is 2.10 bits per heavy atom. The first-order valence-corrected chi connectivity index (χ1v) is 5.80. The van der Waals surface area contributed by atoms with Crippen LogP contribution in [0.2, 0.25) is 0 Å². The molecule has 112 valence electrons. The molecule has 0 radical (unpaired) electrons. The monoisotopic (exact) mass is 291 g/mol. The van der Waals surface area contributed by atoms with Gasteiger partial charge in [-0.25, -0.2) is 13.6 Å². The molecule has 1 N–H and O–H groups in total. The number of carbonyl (C=O) groups is 1. The molecule has 0 aliphatic carbocycles. The van der Waals surface area contributed by atoms with E-state index >= 15 is 0 Å². The standard InChI is InChI=1S/C11H15F2N3O4/c1-14-9(18)2-3-16(11(14)20)7-10(19)15(4-5-17)6-8(12)13/h2-3,8,17H,4-7H2,1H3. The van der Waals surface area contributed by atoms with Crippen LogP contribution in [0.1, 0.15) is 0 Å². The smallest absolute Gasteiger partial charge is 0.331 e. The van der Waals surface area contributed by atoms with Crippen LogP contribution in [0.5, 0.6) is 0 Å². The summed E-state index contributed by atoms with van der Waals surface area (Å²) in [5, 5.41) is 8.75. The summed E-state index contributed by atoms with van der Waals surface area (Å²) in [5.74, 6) is -0.736. The maximum atomic E-state index is 12.3. The molecule has 0 atom stereocenters. The maximum Gasteiger partial charge on any atom is 0.331 e. The predicted octanol–water partition coefficient (Wildman–Crippen LogP) is -1.37. The predicted molar refractivity (Wildman–Crippen MR) is 65.6 cm³/mol. The van der Waals surface area contributed by atoms with Crippen molar-refractivity contribution in [1.29, 1.82) is 0 Å². The molecule has 0 unspecified atom stereocenters. The third kappa shape index (κ3) is 3.98. The van der Waals surface area contributed by atoms with Crippen molar-refractivity contribution in [3.63, 3.8) is 0 Å². The van der Waals surface area contributed by atoms with Crippen LogP contribution in [0.15, 0.2) is 21.9 Å². The minimum atomic E-state index is -2.73. The molecule has 0 aromatic carbocycles. The number of halogens is 2. The summed E-state index contributed by atoms with van der Waals surface area (Å²) in [6.45, 7) is -2.00. The van der Waals surface area contributed by atoms with Gasteiger partial charge in [-0.2, -0.15) is 0 Å². The Morgan fingerprint density at radius 1 is 1.45 bits per heavy atom. The number of carbonyl (C=O) groups excluding carboxylic acids is 1. The zero-order valence-corrected chi connectivity index (χ0v) is 10.8. The van der Waals surface area contributed by atoms with Crippen molar-refractivity contribution >= 4 is 5.91 Å². The zero-order chi connectivity index (χ0) is 15.3. The Labute approximate surface area is 112 Å². The molecule has 0 aliphatic rings. The highest BCUT2D eigenvalue weighted by Gasteiger charge is 2.18. The van der Waals surface area contributed by atoms with Gasteiger partial charge in [0, 0.05) is 25.9 Å². The summed E-state index contributed by atoms with van der Waals surface area (Å²) in [7, 11) is 1.25. The molecule has 9 heteroatoms. The number of aromatic nitrogens is 2. The highest BCUT2D eigenvalue weighted by Crippen LogP contribution is 1.99. The Balaban J connectivity index is 2.91. The number of nitrogens with zero attached hydrogens (tertiary/aromatic N) is 3. The van der Waals surface area contributed by atoms with Gasteiger partial charge in [-0.1, -0.05) is 0 Å². The number of rotatable bonds is 6. The van der Waals surface area contributed by atoms with Crippen molar-refractivity contribution < 1.29 is 18.7 Å². The number of aliphatic hydroxyl groups excluding tert-OH is 1. The number of amides is 1. The molecular formula is C11H15F2N3O4. The van der Waals surface area contributed by atoms with E-state index in [-0.39, 0.29) is 6.54 Å². The van der Waals surface area contributed by atoms with E-state index in [2.05, 4.69) is 0 Å². The van der Waals surface area contributed by atoms with Gasteiger partial charge in [-0.15, -0.1) is 0 Å². The van der Waals surface area contributed by atoms with Crippen LogP contribution >= 0.6 is 0 Å². The second-order valence-electron chi connectivity index (χ2n) is 4.08. The Kier molecular flexibility index (Phi) is 5.56. The first-order chi connectivity index (χ1) is 9.36. The molecule has 7 nitrogen and oxygen atoms in total. The summed E-state index contributed by atoms with van der Waals surface area (Å²) in [6, 6.07) is 1.10. The molecule has 1 aromatic heterocycles. The summed E-state index contributed by atoms with van der Waals surface area (Å²) < 4.78 is 26.4.